The third kappa shape index (κ3) is 3.27. The van der Waals surface area contributed by atoms with Gasteiger partial charge >= 0.3 is 0 Å². The molecule has 2 rings (SSSR count). The van der Waals surface area contributed by atoms with Crippen molar-refractivity contribution in [3.63, 3.8) is 0 Å². The van der Waals surface area contributed by atoms with E-state index < -0.39 is 4.32 Å². The molecule has 0 saturated carbocycles. The molecule has 1 heterocycles. The SMILES string of the molecule is CCc1cc(Cl)cc2sc(NC(=O)C(C)(C)Br)nc12. The Bertz CT molecular complexity index is 633. The van der Waals surface area contributed by atoms with Gasteiger partial charge in [-0.05, 0) is 38.0 Å². The summed E-state index contributed by atoms with van der Waals surface area (Å²) in [5.41, 5.74) is 2.01. The maximum atomic E-state index is 11.9. The highest BCUT2D eigenvalue weighted by molar-refractivity contribution is 9.10. The van der Waals surface area contributed by atoms with Crippen molar-refractivity contribution in [1.82, 2.24) is 4.98 Å². The monoisotopic (exact) mass is 360 g/mol. The molecule has 2 aromatic rings. The number of anilines is 1. The molecule has 1 aromatic heterocycles. The van der Waals surface area contributed by atoms with E-state index in [-0.39, 0.29) is 5.91 Å². The fourth-order valence-corrected chi connectivity index (χ4v) is 2.98. The standard InChI is InChI=1S/C13H14BrClN2OS/c1-4-7-5-8(15)6-9-10(7)16-12(19-9)17-11(18)13(2,3)14/h5-6H,4H2,1-3H3,(H,16,17,18). The van der Waals surface area contributed by atoms with Gasteiger partial charge in [0, 0.05) is 5.02 Å². The summed E-state index contributed by atoms with van der Waals surface area (Å²) in [6.45, 7) is 5.65. The number of aromatic nitrogens is 1. The first-order chi connectivity index (χ1) is 8.81. The zero-order valence-corrected chi connectivity index (χ0v) is 14.0. The number of rotatable bonds is 3. The first-order valence-electron chi connectivity index (χ1n) is 5.90. The number of hydrogen-bond donors (Lipinski definition) is 1. The van der Waals surface area contributed by atoms with Gasteiger partial charge in [0.05, 0.1) is 14.5 Å². The average molecular weight is 362 g/mol. The number of carbonyl (C=O) groups excluding carboxylic acids is 1. The van der Waals surface area contributed by atoms with Gasteiger partial charge in [0.1, 0.15) is 0 Å². The number of alkyl halides is 1. The molecule has 0 aliphatic heterocycles. The first kappa shape index (κ1) is 14.8. The minimum Gasteiger partial charge on any atom is -0.301 e. The molecule has 1 amide bonds. The maximum absolute atomic E-state index is 11.9. The average Bonchev–Trinajstić information content (AvgIpc) is 2.68. The van der Waals surface area contributed by atoms with E-state index >= 15 is 0 Å². The van der Waals surface area contributed by atoms with Crippen molar-refractivity contribution in [2.45, 2.75) is 31.5 Å². The van der Waals surface area contributed by atoms with Gasteiger partial charge in [-0.3, -0.25) is 4.79 Å². The van der Waals surface area contributed by atoms with Gasteiger partial charge in [0.25, 0.3) is 0 Å². The van der Waals surface area contributed by atoms with Crippen LogP contribution in [0.5, 0.6) is 0 Å². The van der Waals surface area contributed by atoms with E-state index in [2.05, 4.69) is 33.2 Å². The molecule has 0 saturated heterocycles. The summed E-state index contributed by atoms with van der Waals surface area (Å²) in [6.07, 6.45) is 0.859. The van der Waals surface area contributed by atoms with Gasteiger partial charge in [-0.1, -0.05) is 45.8 Å². The molecular formula is C13H14BrClN2OS. The summed E-state index contributed by atoms with van der Waals surface area (Å²) >= 11 is 10.8. The molecule has 0 atom stereocenters. The van der Waals surface area contributed by atoms with Crippen LogP contribution in [0.15, 0.2) is 12.1 Å². The van der Waals surface area contributed by atoms with Gasteiger partial charge in [-0.2, -0.15) is 0 Å². The Balaban J connectivity index is 2.39. The van der Waals surface area contributed by atoms with Crippen LogP contribution < -0.4 is 5.32 Å². The van der Waals surface area contributed by atoms with E-state index in [4.69, 9.17) is 11.6 Å². The molecular weight excluding hydrogens is 348 g/mol. The van der Waals surface area contributed by atoms with Crippen LogP contribution in [0.3, 0.4) is 0 Å². The van der Waals surface area contributed by atoms with Crippen molar-refractivity contribution < 1.29 is 4.79 Å². The number of nitrogens with zero attached hydrogens (tertiary/aromatic N) is 1. The molecule has 0 unspecified atom stereocenters. The number of carbonyl (C=O) groups is 1. The van der Waals surface area contributed by atoms with E-state index in [0.717, 1.165) is 22.2 Å². The van der Waals surface area contributed by atoms with E-state index in [1.165, 1.54) is 11.3 Å². The summed E-state index contributed by atoms with van der Waals surface area (Å²) < 4.78 is 0.378. The Hall–Kier alpha value is -0.650. The summed E-state index contributed by atoms with van der Waals surface area (Å²) in [4.78, 5) is 16.4. The van der Waals surface area contributed by atoms with Crippen molar-refractivity contribution >= 4 is 60.1 Å². The Morgan fingerprint density at radius 3 is 2.79 bits per heavy atom. The maximum Gasteiger partial charge on any atom is 0.242 e. The lowest BCUT2D eigenvalue weighted by molar-refractivity contribution is -0.117. The lowest BCUT2D eigenvalue weighted by Crippen LogP contribution is -2.30. The first-order valence-corrected chi connectivity index (χ1v) is 7.89. The summed E-state index contributed by atoms with van der Waals surface area (Å²) in [6, 6.07) is 3.80. The lowest BCUT2D eigenvalue weighted by atomic mass is 10.1. The fourth-order valence-electron chi connectivity index (χ4n) is 1.63. The van der Waals surface area contributed by atoms with Gasteiger partial charge < -0.3 is 5.32 Å². The number of amides is 1. The predicted octanol–water partition coefficient (Wildman–Crippen LogP) is 4.62. The van der Waals surface area contributed by atoms with Gasteiger partial charge in [0.2, 0.25) is 5.91 Å². The molecule has 1 aromatic carbocycles. The second kappa shape index (κ2) is 5.38. The number of nitrogens with one attached hydrogen (secondary N) is 1. The zero-order valence-electron chi connectivity index (χ0n) is 10.9. The molecule has 1 N–H and O–H groups in total. The Kier molecular flexibility index (Phi) is 4.18. The van der Waals surface area contributed by atoms with E-state index in [9.17, 15) is 4.79 Å². The normalized spacial score (nSPS) is 11.8. The highest BCUT2D eigenvalue weighted by atomic mass is 79.9. The van der Waals surface area contributed by atoms with Crippen molar-refractivity contribution in [3.05, 3.63) is 22.7 Å². The molecule has 6 heteroatoms. The predicted molar refractivity (Wildman–Crippen MR) is 85.6 cm³/mol. The van der Waals surface area contributed by atoms with E-state index in [0.29, 0.717) is 10.2 Å². The number of halogens is 2. The smallest absolute Gasteiger partial charge is 0.242 e. The molecule has 0 spiro atoms. The minimum absolute atomic E-state index is 0.115. The summed E-state index contributed by atoms with van der Waals surface area (Å²) in [7, 11) is 0. The molecule has 0 fully saturated rings. The third-order valence-corrected chi connectivity index (χ3v) is 4.18. The van der Waals surface area contributed by atoms with Crippen LogP contribution in [0.2, 0.25) is 5.02 Å². The van der Waals surface area contributed by atoms with Crippen molar-refractivity contribution in [3.8, 4) is 0 Å². The summed E-state index contributed by atoms with van der Waals surface area (Å²) in [5.74, 6) is -0.115. The number of fused-ring (bicyclic) bond motifs is 1. The number of aryl methyl sites for hydroxylation is 1. The molecule has 102 valence electrons. The fraction of sp³-hybridized carbons (Fsp3) is 0.385. The second-order valence-electron chi connectivity index (χ2n) is 4.71. The quantitative estimate of drug-likeness (QED) is 0.810. The van der Waals surface area contributed by atoms with Crippen molar-refractivity contribution in [2.24, 2.45) is 0 Å². The molecule has 0 radical (unpaired) electrons. The van der Waals surface area contributed by atoms with Crippen LogP contribution in [-0.4, -0.2) is 15.2 Å². The number of thiazole rings is 1. The Labute approximate surface area is 129 Å². The van der Waals surface area contributed by atoms with Gasteiger partial charge in [0.15, 0.2) is 5.13 Å². The van der Waals surface area contributed by atoms with E-state index in [1.54, 1.807) is 13.8 Å². The molecule has 19 heavy (non-hydrogen) atoms. The van der Waals surface area contributed by atoms with Crippen LogP contribution in [0, 0.1) is 0 Å². The second-order valence-corrected chi connectivity index (χ2v) is 8.16. The van der Waals surface area contributed by atoms with Crippen LogP contribution in [-0.2, 0) is 11.2 Å². The largest absolute Gasteiger partial charge is 0.301 e. The number of benzene rings is 1. The highest BCUT2D eigenvalue weighted by Crippen LogP contribution is 2.32. The minimum atomic E-state index is -0.615. The van der Waals surface area contributed by atoms with Gasteiger partial charge in [-0.25, -0.2) is 4.98 Å². The Morgan fingerprint density at radius 1 is 1.53 bits per heavy atom. The van der Waals surface area contributed by atoms with E-state index in [1.807, 2.05) is 12.1 Å². The number of hydrogen-bond acceptors (Lipinski definition) is 3. The lowest BCUT2D eigenvalue weighted by Gasteiger charge is -2.13. The topological polar surface area (TPSA) is 42.0 Å². The van der Waals surface area contributed by atoms with Crippen LogP contribution in [0.25, 0.3) is 10.2 Å². The van der Waals surface area contributed by atoms with Crippen molar-refractivity contribution in [1.29, 1.82) is 0 Å². The molecule has 0 aliphatic rings. The van der Waals surface area contributed by atoms with Gasteiger partial charge in [-0.15, -0.1) is 0 Å². The van der Waals surface area contributed by atoms with Crippen LogP contribution >= 0.6 is 38.9 Å². The van der Waals surface area contributed by atoms with Crippen LogP contribution in [0.4, 0.5) is 5.13 Å². The molecule has 0 bridgehead atoms. The highest BCUT2D eigenvalue weighted by Gasteiger charge is 2.24. The Morgan fingerprint density at radius 2 is 2.21 bits per heavy atom. The van der Waals surface area contributed by atoms with Crippen LogP contribution in [0.1, 0.15) is 26.3 Å². The third-order valence-electron chi connectivity index (χ3n) is 2.68. The molecule has 3 nitrogen and oxygen atoms in total. The summed E-state index contributed by atoms with van der Waals surface area (Å²) in [5, 5.41) is 4.12. The molecule has 0 aliphatic carbocycles. The zero-order chi connectivity index (χ0) is 14.2. The van der Waals surface area contributed by atoms with Crippen molar-refractivity contribution in [2.75, 3.05) is 5.32 Å².